The second-order valence-corrected chi connectivity index (χ2v) is 6.09. The zero-order valence-electron chi connectivity index (χ0n) is 13.8. The van der Waals surface area contributed by atoms with Gasteiger partial charge in [-0.05, 0) is 49.2 Å². The highest BCUT2D eigenvalue weighted by Crippen LogP contribution is 2.24. The molecule has 0 saturated carbocycles. The minimum absolute atomic E-state index is 0.0183. The molecule has 6 heteroatoms. The summed E-state index contributed by atoms with van der Waals surface area (Å²) in [5, 5.41) is 13.0. The van der Waals surface area contributed by atoms with Gasteiger partial charge in [0.1, 0.15) is 5.82 Å². The average molecular weight is 344 g/mol. The number of aromatic hydroxyl groups is 1. The number of likely N-dealkylation sites (tertiary alicyclic amines) is 1. The van der Waals surface area contributed by atoms with Crippen LogP contribution in [0.15, 0.2) is 48.5 Å². The van der Waals surface area contributed by atoms with Crippen LogP contribution in [0.25, 0.3) is 0 Å². The summed E-state index contributed by atoms with van der Waals surface area (Å²) in [6.45, 7) is 1.14. The topological polar surface area (TPSA) is 61.8 Å². The molecular weight excluding hydrogens is 323 g/mol. The molecule has 0 unspecified atom stereocenters. The number of halogens is 1. The first-order valence-corrected chi connectivity index (χ1v) is 8.32. The number of nitrogens with one attached hydrogen (secondary N) is 1. The molecule has 1 aliphatic rings. The molecule has 1 fully saturated rings. The lowest BCUT2D eigenvalue weighted by Crippen LogP contribution is -2.46. The van der Waals surface area contributed by atoms with Crippen molar-refractivity contribution in [2.24, 2.45) is 0 Å². The van der Waals surface area contributed by atoms with E-state index in [-0.39, 0.29) is 30.1 Å². The Balaban J connectivity index is 1.52. The van der Waals surface area contributed by atoms with Crippen molar-refractivity contribution < 1.29 is 19.0 Å². The molecule has 2 aromatic rings. The van der Waals surface area contributed by atoms with Crippen molar-refractivity contribution in [3.8, 4) is 11.5 Å². The molecule has 0 aromatic heterocycles. The van der Waals surface area contributed by atoms with Crippen LogP contribution in [-0.4, -0.2) is 41.7 Å². The van der Waals surface area contributed by atoms with E-state index in [1.165, 1.54) is 18.2 Å². The maximum Gasteiger partial charge on any atom is 0.260 e. The maximum atomic E-state index is 13.0. The predicted octanol–water partition coefficient (Wildman–Crippen LogP) is 3.01. The highest BCUT2D eigenvalue weighted by atomic mass is 19.1. The Labute approximate surface area is 146 Å². The Kier molecular flexibility index (Phi) is 5.38. The lowest BCUT2D eigenvalue weighted by Gasteiger charge is -2.33. The Bertz CT molecular complexity index is 721. The summed E-state index contributed by atoms with van der Waals surface area (Å²) in [7, 11) is 0. The largest absolute Gasteiger partial charge is 0.504 e. The van der Waals surface area contributed by atoms with E-state index < -0.39 is 0 Å². The van der Waals surface area contributed by atoms with Crippen LogP contribution < -0.4 is 10.1 Å². The van der Waals surface area contributed by atoms with E-state index in [9.17, 15) is 14.3 Å². The maximum absolute atomic E-state index is 13.0. The van der Waals surface area contributed by atoms with E-state index in [2.05, 4.69) is 5.32 Å². The van der Waals surface area contributed by atoms with E-state index >= 15 is 0 Å². The van der Waals surface area contributed by atoms with Crippen LogP contribution in [0.3, 0.4) is 0 Å². The number of piperidine rings is 1. The van der Waals surface area contributed by atoms with Crippen molar-refractivity contribution in [1.82, 2.24) is 4.90 Å². The number of rotatable bonds is 5. The van der Waals surface area contributed by atoms with Gasteiger partial charge >= 0.3 is 0 Å². The van der Waals surface area contributed by atoms with Gasteiger partial charge in [0.05, 0.1) is 0 Å². The highest BCUT2D eigenvalue weighted by molar-refractivity contribution is 5.78. The van der Waals surface area contributed by atoms with Crippen molar-refractivity contribution in [1.29, 1.82) is 0 Å². The molecule has 132 valence electrons. The van der Waals surface area contributed by atoms with Crippen molar-refractivity contribution >= 4 is 11.6 Å². The van der Waals surface area contributed by atoms with E-state index in [1.807, 2.05) is 0 Å². The smallest absolute Gasteiger partial charge is 0.260 e. The summed E-state index contributed by atoms with van der Waals surface area (Å²) >= 11 is 0. The second-order valence-electron chi connectivity index (χ2n) is 6.09. The van der Waals surface area contributed by atoms with E-state index in [0.29, 0.717) is 18.8 Å². The number of ether oxygens (including phenoxy) is 1. The SMILES string of the molecule is O=C(COc1ccccc1O)N1CCC[C@@H](Nc2ccc(F)cc2)C1. The molecule has 0 aliphatic carbocycles. The number of para-hydroxylation sites is 2. The van der Waals surface area contributed by atoms with Gasteiger partial charge < -0.3 is 20.1 Å². The normalized spacial score (nSPS) is 17.2. The molecule has 1 aliphatic heterocycles. The van der Waals surface area contributed by atoms with Crippen molar-refractivity contribution in [3.05, 3.63) is 54.3 Å². The van der Waals surface area contributed by atoms with Gasteiger partial charge in [-0.15, -0.1) is 0 Å². The number of anilines is 1. The number of hydrogen-bond donors (Lipinski definition) is 2. The van der Waals surface area contributed by atoms with Crippen LogP contribution in [-0.2, 0) is 4.79 Å². The Morgan fingerprint density at radius 1 is 1.24 bits per heavy atom. The summed E-state index contributed by atoms with van der Waals surface area (Å²) in [5.41, 5.74) is 0.839. The Morgan fingerprint density at radius 3 is 2.76 bits per heavy atom. The van der Waals surface area contributed by atoms with Gasteiger partial charge in [-0.3, -0.25) is 4.79 Å². The fourth-order valence-corrected chi connectivity index (χ4v) is 2.91. The molecule has 0 spiro atoms. The molecule has 1 heterocycles. The van der Waals surface area contributed by atoms with Gasteiger partial charge in [-0.1, -0.05) is 12.1 Å². The van der Waals surface area contributed by atoms with Crippen LogP contribution in [0.4, 0.5) is 10.1 Å². The Hall–Kier alpha value is -2.76. The third-order valence-electron chi connectivity index (χ3n) is 4.21. The number of phenolic OH excluding ortho intramolecular Hbond substituents is 1. The van der Waals surface area contributed by atoms with Crippen LogP contribution in [0, 0.1) is 5.82 Å². The number of benzene rings is 2. The molecule has 1 atom stereocenters. The van der Waals surface area contributed by atoms with Crippen molar-refractivity contribution in [3.63, 3.8) is 0 Å². The summed E-state index contributed by atoms with van der Waals surface area (Å²) < 4.78 is 18.4. The standard InChI is InChI=1S/C19H21FN2O3/c20-14-7-9-15(10-8-14)21-16-4-3-11-22(12-16)19(24)13-25-18-6-2-1-5-17(18)23/h1-2,5-10,16,21,23H,3-4,11-13H2/t16-/m1/s1. The highest BCUT2D eigenvalue weighted by Gasteiger charge is 2.24. The zero-order chi connectivity index (χ0) is 17.6. The van der Waals surface area contributed by atoms with Crippen molar-refractivity contribution in [2.75, 3.05) is 25.0 Å². The van der Waals surface area contributed by atoms with E-state index in [4.69, 9.17) is 4.74 Å². The molecular formula is C19H21FN2O3. The number of carbonyl (C=O) groups excluding carboxylic acids is 1. The minimum atomic E-state index is -0.271. The van der Waals surface area contributed by atoms with Gasteiger partial charge in [0.2, 0.25) is 0 Å². The summed E-state index contributed by atoms with van der Waals surface area (Å²) in [5.74, 6) is -0.0696. The molecule has 25 heavy (non-hydrogen) atoms. The van der Waals surface area contributed by atoms with Crippen LogP contribution in [0.1, 0.15) is 12.8 Å². The molecule has 0 bridgehead atoms. The molecule has 5 nitrogen and oxygen atoms in total. The van der Waals surface area contributed by atoms with Crippen LogP contribution >= 0.6 is 0 Å². The lowest BCUT2D eigenvalue weighted by atomic mass is 10.1. The average Bonchev–Trinajstić information content (AvgIpc) is 2.63. The summed E-state index contributed by atoms with van der Waals surface area (Å²) in [6, 6.07) is 12.9. The number of amides is 1. The fraction of sp³-hybridized carbons (Fsp3) is 0.316. The minimum Gasteiger partial charge on any atom is -0.504 e. The van der Waals surface area contributed by atoms with Crippen LogP contribution in [0.2, 0.25) is 0 Å². The third kappa shape index (κ3) is 4.62. The molecule has 0 radical (unpaired) electrons. The third-order valence-corrected chi connectivity index (χ3v) is 4.21. The summed E-state index contributed by atoms with van der Waals surface area (Å²) in [4.78, 5) is 14.1. The Morgan fingerprint density at radius 2 is 2.00 bits per heavy atom. The molecule has 1 saturated heterocycles. The molecule has 1 amide bonds. The lowest BCUT2D eigenvalue weighted by molar-refractivity contribution is -0.134. The van der Waals surface area contributed by atoms with Crippen molar-refractivity contribution in [2.45, 2.75) is 18.9 Å². The predicted molar refractivity (Wildman–Crippen MR) is 93.2 cm³/mol. The zero-order valence-corrected chi connectivity index (χ0v) is 13.8. The number of phenols is 1. The van der Waals surface area contributed by atoms with Gasteiger partial charge in [0, 0.05) is 24.8 Å². The molecule has 2 N–H and O–H groups in total. The van der Waals surface area contributed by atoms with E-state index in [0.717, 1.165) is 18.5 Å². The quantitative estimate of drug-likeness (QED) is 0.875. The first-order valence-electron chi connectivity index (χ1n) is 8.32. The van der Waals surface area contributed by atoms with Gasteiger partial charge in [0.25, 0.3) is 5.91 Å². The van der Waals surface area contributed by atoms with Crippen LogP contribution in [0.5, 0.6) is 11.5 Å². The fourth-order valence-electron chi connectivity index (χ4n) is 2.91. The molecule has 3 rings (SSSR count). The second kappa shape index (κ2) is 7.88. The molecule has 2 aromatic carbocycles. The van der Waals surface area contributed by atoms with E-state index in [1.54, 1.807) is 35.2 Å². The van der Waals surface area contributed by atoms with Gasteiger partial charge in [-0.2, -0.15) is 0 Å². The van der Waals surface area contributed by atoms with Gasteiger partial charge in [0.15, 0.2) is 18.1 Å². The first kappa shape index (κ1) is 17.1. The number of nitrogens with zero attached hydrogens (tertiary/aromatic N) is 1. The number of hydrogen-bond acceptors (Lipinski definition) is 4. The first-order chi connectivity index (χ1) is 12.1. The number of carbonyl (C=O) groups is 1. The monoisotopic (exact) mass is 344 g/mol. The van der Waals surface area contributed by atoms with Gasteiger partial charge in [-0.25, -0.2) is 4.39 Å². The summed E-state index contributed by atoms with van der Waals surface area (Å²) in [6.07, 6.45) is 1.84.